The van der Waals surface area contributed by atoms with Crippen molar-refractivity contribution in [3.8, 4) is 33.6 Å². The van der Waals surface area contributed by atoms with E-state index in [1.807, 2.05) is 69.1 Å². The largest absolute Gasteiger partial charge is 0.346 e. The standard InChI is InChI=1S/C40H45N7O4/c1-25(2)26(3)39(48)44-27(4)37-41-22-33(45-37)30-17-13-28(14-18-30)29-15-19-31(20-16-29)34-23-42-38(46-34)35-12-9-21-47(35)40(49)36(43-24-51-50-5)32-10-7-6-8-11-32/h6-8,10-11,13-20,22-27,35-36H,9,12,21H2,1-5H3,(H,41,45)(H,42,46)(H,44,48)/t26-,27+,35-,36-/m0/s1. The third kappa shape index (κ3) is 8.10. The number of nitrogens with one attached hydrogen (secondary N) is 3. The molecule has 0 bridgehead atoms. The lowest BCUT2D eigenvalue weighted by Crippen LogP contribution is -2.34. The molecule has 1 fully saturated rings. The van der Waals surface area contributed by atoms with E-state index < -0.39 is 6.04 Å². The summed E-state index contributed by atoms with van der Waals surface area (Å²) in [6.07, 6.45) is 6.48. The molecular weight excluding hydrogens is 642 g/mol. The van der Waals surface area contributed by atoms with Gasteiger partial charge in [0, 0.05) is 12.5 Å². The molecule has 4 atom stereocenters. The molecule has 0 spiro atoms. The van der Waals surface area contributed by atoms with Crippen LogP contribution in [-0.2, 0) is 19.4 Å². The topological polar surface area (TPSA) is 138 Å². The number of carbonyl (C=O) groups is 2. The fourth-order valence-electron chi connectivity index (χ4n) is 6.28. The van der Waals surface area contributed by atoms with E-state index >= 15 is 0 Å². The second kappa shape index (κ2) is 16.0. The van der Waals surface area contributed by atoms with E-state index in [9.17, 15) is 9.59 Å². The summed E-state index contributed by atoms with van der Waals surface area (Å²) in [5.41, 5.74) is 6.74. The normalized spacial score (nSPS) is 16.4. The van der Waals surface area contributed by atoms with Gasteiger partial charge in [-0.2, -0.15) is 4.89 Å². The first-order valence-electron chi connectivity index (χ1n) is 17.4. The van der Waals surface area contributed by atoms with E-state index in [0.717, 1.165) is 63.7 Å². The van der Waals surface area contributed by atoms with Crippen molar-refractivity contribution >= 4 is 18.2 Å². The SMILES string of the molecule is COOC=N[C@H](C(=O)N1CCC[C@H]1c1ncc(-c2ccc(-c3ccc(-c4cnc([C@@H](C)NC(=O)[C@@H](C)C(C)C)[nH]4)cc3)cc2)[nH]1)c1ccccc1. The van der Waals surface area contributed by atoms with Crippen molar-refractivity contribution in [2.24, 2.45) is 16.8 Å². The molecule has 264 valence electrons. The molecule has 3 heterocycles. The molecule has 6 rings (SSSR count). The minimum absolute atomic E-state index is 0.0277. The zero-order chi connectivity index (χ0) is 35.9. The number of nitrogens with zero attached hydrogens (tertiary/aromatic N) is 4. The van der Waals surface area contributed by atoms with Crippen molar-refractivity contribution in [2.75, 3.05) is 13.7 Å². The number of rotatable bonds is 13. The number of likely N-dealkylation sites (tertiary alicyclic amines) is 1. The van der Waals surface area contributed by atoms with Gasteiger partial charge in [-0.1, -0.05) is 99.6 Å². The van der Waals surface area contributed by atoms with Crippen molar-refractivity contribution in [3.05, 3.63) is 108 Å². The number of carbonyl (C=O) groups excluding carboxylic acids is 2. The fourth-order valence-corrected chi connectivity index (χ4v) is 6.28. The molecule has 0 radical (unpaired) electrons. The van der Waals surface area contributed by atoms with Gasteiger partial charge in [0.05, 0.1) is 43.0 Å². The van der Waals surface area contributed by atoms with Gasteiger partial charge in [0.1, 0.15) is 11.6 Å². The number of hydrogen-bond acceptors (Lipinski definition) is 7. The summed E-state index contributed by atoms with van der Waals surface area (Å²) in [5, 5.41) is 3.06. The zero-order valence-electron chi connectivity index (χ0n) is 29.7. The lowest BCUT2D eigenvalue weighted by Gasteiger charge is -2.26. The Morgan fingerprint density at radius 2 is 1.47 bits per heavy atom. The Morgan fingerprint density at radius 1 is 0.863 bits per heavy atom. The Bertz CT molecular complexity index is 1930. The first-order chi connectivity index (χ1) is 24.7. The maximum atomic E-state index is 13.8. The predicted molar refractivity (Wildman–Crippen MR) is 197 cm³/mol. The van der Waals surface area contributed by atoms with Gasteiger partial charge in [-0.3, -0.25) is 9.59 Å². The fraction of sp³-hybridized carbons (Fsp3) is 0.325. The number of benzene rings is 3. The molecule has 11 heteroatoms. The van der Waals surface area contributed by atoms with Crippen LogP contribution in [0, 0.1) is 11.8 Å². The van der Waals surface area contributed by atoms with Gasteiger partial charge >= 0.3 is 0 Å². The van der Waals surface area contributed by atoms with Crippen LogP contribution < -0.4 is 5.32 Å². The van der Waals surface area contributed by atoms with Crippen LogP contribution in [0.25, 0.3) is 33.6 Å². The van der Waals surface area contributed by atoms with E-state index in [1.54, 1.807) is 6.20 Å². The number of aliphatic imine (C=N–C) groups is 1. The summed E-state index contributed by atoms with van der Waals surface area (Å²) in [4.78, 5) is 58.2. The van der Waals surface area contributed by atoms with E-state index in [2.05, 4.69) is 78.7 Å². The van der Waals surface area contributed by atoms with Crippen LogP contribution in [0.15, 0.2) is 96.2 Å². The average Bonchev–Trinajstić information content (AvgIpc) is 3.95. The maximum absolute atomic E-state index is 13.8. The number of imidazole rings is 2. The summed E-state index contributed by atoms with van der Waals surface area (Å²) >= 11 is 0. The van der Waals surface area contributed by atoms with Gasteiger partial charge in [0.15, 0.2) is 6.04 Å². The van der Waals surface area contributed by atoms with Gasteiger partial charge in [-0.15, -0.1) is 0 Å². The Kier molecular flexibility index (Phi) is 11.1. The molecule has 0 unspecified atom stereocenters. The van der Waals surface area contributed by atoms with Crippen LogP contribution in [0.4, 0.5) is 0 Å². The highest BCUT2D eigenvalue weighted by Crippen LogP contribution is 2.35. The number of amides is 2. The minimum Gasteiger partial charge on any atom is -0.346 e. The minimum atomic E-state index is -0.753. The Hall–Kier alpha value is -5.55. The molecule has 3 N–H and O–H groups in total. The average molecular weight is 688 g/mol. The van der Waals surface area contributed by atoms with Gasteiger partial charge < -0.3 is 25.1 Å². The summed E-state index contributed by atoms with van der Waals surface area (Å²) < 4.78 is 0. The van der Waals surface area contributed by atoms with Crippen LogP contribution in [-0.4, -0.2) is 56.7 Å². The smallest absolute Gasteiger partial charge is 0.252 e. The van der Waals surface area contributed by atoms with Crippen LogP contribution in [0.5, 0.6) is 0 Å². The molecule has 11 nitrogen and oxygen atoms in total. The molecule has 0 aliphatic carbocycles. The van der Waals surface area contributed by atoms with Crippen LogP contribution in [0.1, 0.15) is 75.9 Å². The van der Waals surface area contributed by atoms with Gasteiger partial charge in [-0.25, -0.2) is 15.0 Å². The monoisotopic (exact) mass is 687 g/mol. The molecule has 2 aromatic heterocycles. The first kappa shape index (κ1) is 35.3. The van der Waals surface area contributed by atoms with E-state index in [-0.39, 0.29) is 35.7 Å². The molecule has 1 aliphatic rings. The summed E-state index contributed by atoms with van der Waals surface area (Å²) in [6.45, 7) is 8.59. The highest BCUT2D eigenvalue weighted by atomic mass is 17.2. The maximum Gasteiger partial charge on any atom is 0.252 e. The van der Waals surface area contributed by atoms with Gasteiger partial charge in [0.25, 0.3) is 5.91 Å². The van der Waals surface area contributed by atoms with E-state index in [4.69, 9.17) is 9.87 Å². The van der Waals surface area contributed by atoms with Gasteiger partial charge in [-0.05, 0) is 53.5 Å². The number of hydrogen-bond donors (Lipinski definition) is 3. The second-order valence-corrected chi connectivity index (χ2v) is 13.3. The number of H-pyrrole nitrogens is 2. The number of aromatic nitrogens is 4. The predicted octanol–water partition coefficient (Wildman–Crippen LogP) is 7.61. The van der Waals surface area contributed by atoms with E-state index in [0.29, 0.717) is 6.54 Å². The second-order valence-electron chi connectivity index (χ2n) is 13.3. The molecule has 2 amide bonds. The van der Waals surface area contributed by atoms with E-state index in [1.165, 1.54) is 13.5 Å². The lowest BCUT2D eigenvalue weighted by molar-refractivity contribution is -0.188. The Labute approximate surface area is 298 Å². The molecule has 1 aliphatic heterocycles. The van der Waals surface area contributed by atoms with Crippen LogP contribution in [0.3, 0.4) is 0 Å². The third-order valence-corrected chi connectivity index (χ3v) is 9.65. The quantitative estimate of drug-likeness (QED) is 0.0504. The first-order valence-corrected chi connectivity index (χ1v) is 17.4. The highest BCUT2D eigenvalue weighted by molar-refractivity contribution is 5.85. The summed E-state index contributed by atoms with van der Waals surface area (Å²) in [5.74, 6) is 1.59. The molecule has 1 saturated heterocycles. The van der Waals surface area contributed by atoms with Gasteiger partial charge in [0.2, 0.25) is 12.3 Å². The molecule has 5 aromatic rings. The van der Waals surface area contributed by atoms with Crippen molar-refractivity contribution in [1.29, 1.82) is 0 Å². The summed E-state index contributed by atoms with van der Waals surface area (Å²) in [6, 6.07) is 25.0. The Morgan fingerprint density at radius 3 is 2.10 bits per heavy atom. The molecule has 51 heavy (non-hydrogen) atoms. The van der Waals surface area contributed by atoms with Crippen molar-refractivity contribution in [2.45, 2.75) is 58.7 Å². The van der Waals surface area contributed by atoms with Crippen molar-refractivity contribution in [1.82, 2.24) is 30.2 Å². The Balaban J connectivity index is 1.11. The molecular formula is C40H45N7O4. The highest BCUT2D eigenvalue weighted by Gasteiger charge is 2.36. The third-order valence-electron chi connectivity index (χ3n) is 9.65. The van der Waals surface area contributed by atoms with Crippen molar-refractivity contribution < 1.29 is 19.4 Å². The molecule has 0 saturated carbocycles. The summed E-state index contributed by atoms with van der Waals surface area (Å²) in [7, 11) is 1.39. The van der Waals surface area contributed by atoms with Crippen LogP contribution >= 0.6 is 0 Å². The zero-order valence-corrected chi connectivity index (χ0v) is 29.7. The lowest BCUT2D eigenvalue weighted by atomic mass is 9.97. The molecule has 3 aromatic carbocycles. The number of aromatic amines is 2. The van der Waals surface area contributed by atoms with Crippen molar-refractivity contribution in [3.63, 3.8) is 0 Å². The van der Waals surface area contributed by atoms with Crippen LogP contribution in [0.2, 0.25) is 0 Å².